The molecule has 0 amide bonds. The van der Waals surface area contributed by atoms with Crippen molar-refractivity contribution in [2.45, 2.75) is 60.3 Å². The van der Waals surface area contributed by atoms with Crippen LogP contribution in [0.25, 0.3) is 34.2 Å². The molecule has 0 saturated carbocycles. The molecule has 0 bridgehead atoms. The van der Waals surface area contributed by atoms with E-state index in [4.69, 9.17) is 15.0 Å². The number of nitrogens with zero attached hydrogens (tertiary/aromatic N) is 3. The van der Waals surface area contributed by atoms with Crippen LogP contribution >= 0.6 is 0 Å². The van der Waals surface area contributed by atoms with E-state index in [-0.39, 0.29) is 0 Å². The Balaban J connectivity index is 1.74. The number of aromatic nitrogens is 3. The normalized spacial score (nSPS) is 11.4. The second kappa shape index (κ2) is 11.4. The predicted octanol–water partition coefficient (Wildman–Crippen LogP) is 8.22. The summed E-state index contributed by atoms with van der Waals surface area (Å²) >= 11 is 0. The highest BCUT2D eigenvalue weighted by atomic mass is 15.0. The third-order valence-electron chi connectivity index (χ3n) is 6.10. The molecule has 4 rings (SSSR count). The van der Waals surface area contributed by atoms with Crippen LogP contribution in [0.3, 0.4) is 0 Å². The molecule has 0 fully saturated rings. The van der Waals surface area contributed by atoms with Crippen molar-refractivity contribution in [1.82, 2.24) is 15.0 Å². The van der Waals surface area contributed by atoms with Gasteiger partial charge in [0.2, 0.25) is 0 Å². The largest absolute Gasteiger partial charge is 0.208 e. The molecule has 3 aromatic carbocycles. The van der Waals surface area contributed by atoms with Crippen molar-refractivity contribution in [3.05, 3.63) is 89.5 Å². The van der Waals surface area contributed by atoms with Gasteiger partial charge in [-0.15, -0.1) is 0 Å². The molecule has 0 spiro atoms. The first-order valence-corrected chi connectivity index (χ1v) is 12.9. The van der Waals surface area contributed by atoms with Gasteiger partial charge in [-0.2, -0.15) is 0 Å². The van der Waals surface area contributed by atoms with Gasteiger partial charge < -0.3 is 0 Å². The van der Waals surface area contributed by atoms with E-state index in [0.29, 0.717) is 29.3 Å². The monoisotopic (exact) mass is 463 g/mol. The maximum Gasteiger partial charge on any atom is 0.164 e. The zero-order valence-electron chi connectivity index (χ0n) is 21.8. The average Bonchev–Trinajstić information content (AvgIpc) is 2.85. The highest BCUT2D eigenvalue weighted by Gasteiger charge is 2.13. The third-order valence-corrected chi connectivity index (χ3v) is 6.10. The minimum atomic E-state index is 0.630. The van der Waals surface area contributed by atoms with Crippen molar-refractivity contribution >= 4 is 0 Å². The van der Waals surface area contributed by atoms with Gasteiger partial charge >= 0.3 is 0 Å². The van der Waals surface area contributed by atoms with Crippen molar-refractivity contribution in [1.29, 1.82) is 0 Å². The van der Waals surface area contributed by atoms with Crippen LogP contribution in [0.1, 0.15) is 57.7 Å². The van der Waals surface area contributed by atoms with Crippen molar-refractivity contribution < 1.29 is 0 Å². The molecule has 0 aliphatic rings. The SMILES string of the molecule is CCCc1ccc(-c2nc(-c3ccc(CC(C)C)cc3)nc(-c3ccc(CC(C)C)cc3)n2)cc1. The molecular weight excluding hydrogens is 426 g/mol. The van der Waals surface area contributed by atoms with Crippen LogP contribution in [0.5, 0.6) is 0 Å². The molecule has 0 aliphatic heterocycles. The number of rotatable bonds is 9. The van der Waals surface area contributed by atoms with Gasteiger partial charge in [-0.3, -0.25) is 0 Å². The summed E-state index contributed by atoms with van der Waals surface area (Å²) in [6, 6.07) is 25.9. The molecule has 1 aromatic heterocycles. The lowest BCUT2D eigenvalue weighted by molar-refractivity contribution is 0.647. The first kappa shape index (κ1) is 24.8. The quantitative estimate of drug-likeness (QED) is 0.251. The molecule has 3 nitrogen and oxygen atoms in total. The molecule has 180 valence electrons. The smallest absolute Gasteiger partial charge is 0.164 e. The van der Waals surface area contributed by atoms with Crippen LogP contribution in [0.15, 0.2) is 72.8 Å². The molecule has 0 aliphatic carbocycles. The Morgan fingerprint density at radius 3 is 1.09 bits per heavy atom. The molecule has 3 heteroatoms. The number of hydrogen-bond donors (Lipinski definition) is 0. The van der Waals surface area contributed by atoms with Gasteiger partial charge in [-0.05, 0) is 47.8 Å². The molecule has 0 radical (unpaired) electrons. The lowest BCUT2D eigenvalue weighted by atomic mass is 10.0. The summed E-state index contributed by atoms with van der Waals surface area (Å²) in [5.74, 6) is 3.40. The third kappa shape index (κ3) is 6.63. The maximum absolute atomic E-state index is 4.91. The number of benzene rings is 3. The molecule has 0 unspecified atom stereocenters. The van der Waals surface area contributed by atoms with Crippen LogP contribution in [-0.4, -0.2) is 15.0 Å². The fourth-order valence-electron chi connectivity index (χ4n) is 4.39. The summed E-state index contributed by atoms with van der Waals surface area (Å²) in [6.45, 7) is 11.2. The van der Waals surface area contributed by atoms with Gasteiger partial charge in [0.15, 0.2) is 17.5 Å². The van der Waals surface area contributed by atoms with Crippen molar-refractivity contribution in [3.8, 4) is 34.2 Å². The summed E-state index contributed by atoms with van der Waals surface area (Å²) in [7, 11) is 0. The highest BCUT2D eigenvalue weighted by molar-refractivity contribution is 5.66. The van der Waals surface area contributed by atoms with Gasteiger partial charge in [-0.1, -0.05) is 114 Å². The summed E-state index contributed by atoms with van der Waals surface area (Å²) in [6.07, 6.45) is 4.36. The summed E-state index contributed by atoms with van der Waals surface area (Å²) in [4.78, 5) is 14.7. The molecular formula is C32H37N3. The van der Waals surface area contributed by atoms with Crippen molar-refractivity contribution in [2.75, 3.05) is 0 Å². The molecule has 35 heavy (non-hydrogen) atoms. The summed E-state index contributed by atoms with van der Waals surface area (Å²) in [5, 5.41) is 0. The van der Waals surface area contributed by atoms with Crippen LogP contribution in [0, 0.1) is 11.8 Å². The summed E-state index contributed by atoms with van der Waals surface area (Å²) in [5.41, 5.74) is 7.06. The van der Waals surface area contributed by atoms with E-state index in [1.165, 1.54) is 16.7 Å². The fourth-order valence-corrected chi connectivity index (χ4v) is 4.39. The first-order chi connectivity index (χ1) is 16.9. The average molecular weight is 464 g/mol. The Kier molecular flexibility index (Phi) is 8.07. The summed E-state index contributed by atoms with van der Waals surface area (Å²) < 4.78 is 0. The van der Waals surface area contributed by atoms with Gasteiger partial charge in [0.05, 0.1) is 0 Å². The highest BCUT2D eigenvalue weighted by Crippen LogP contribution is 2.26. The second-order valence-electron chi connectivity index (χ2n) is 10.3. The molecule has 0 atom stereocenters. The molecule has 1 heterocycles. The Hall–Kier alpha value is -3.33. The minimum absolute atomic E-state index is 0.630. The number of hydrogen-bond acceptors (Lipinski definition) is 3. The maximum atomic E-state index is 4.91. The van der Waals surface area contributed by atoms with Crippen LogP contribution in [0.2, 0.25) is 0 Å². The zero-order chi connectivity index (χ0) is 24.8. The fraction of sp³-hybridized carbons (Fsp3) is 0.344. The number of aryl methyl sites for hydroxylation is 1. The zero-order valence-corrected chi connectivity index (χ0v) is 21.8. The first-order valence-electron chi connectivity index (χ1n) is 12.9. The molecule has 0 N–H and O–H groups in total. The van der Waals surface area contributed by atoms with E-state index in [1.54, 1.807) is 0 Å². The Bertz CT molecular complexity index is 1150. The van der Waals surface area contributed by atoms with E-state index in [2.05, 4.69) is 107 Å². The minimum Gasteiger partial charge on any atom is -0.208 e. The van der Waals surface area contributed by atoms with E-state index >= 15 is 0 Å². The Labute approximate surface area is 210 Å². The van der Waals surface area contributed by atoms with Crippen molar-refractivity contribution in [3.63, 3.8) is 0 Å². The molecule has 4 aromatic rings. The van der Waals surface area contributed by atoms with Gasteiger partial charge in [-0.25, -0.2) is 15.0 Å². The van der Waals surface area contributed by atoms with E-state index in [1.807, 2.05) is 0 Å². The van der Waals surface area contributed by atoms with Crippen LogP contribution < -0.4 is 0 Å². The van der Waals surface area contributed by atoms with E-state index in [9.17, 15) is 0 Å². The van der Waals surface area contributed by atoms with Crippen LogP contribution in [0.4, 0.5) is 0 Å². The topological polar surface area (TPSA) is 38.7 Å². The van der Waals surface area contributed by atoms with E-state index in [0.717, 1.165) is 42.4 Å². The van der Waals surface area contributed by atoms with Gasteiger partial charge in [0, 0.05) is 16.7 Å². The van der Waals surface area contributed by atoms with E-state index < -0.39 is 0 Å². The lowest BCUT2D eigenvalue weighted by Gasteiger charge is -2.11. The van der Waals surface area contributed by atoms with Gasteiger partial charge in [0.25, 0.3) is 0 Å². The molecule has 0 saturated heterocycles. The standard InChI is InChI=1S/C32H37N3/c1-6-7-24-8-14-27(15-9-24)30-33-31(28-16-10-25(11-17-28)20-22(2)3)35-32(34-30)29-18-12-26(13-19-29)21-23(4)5/h8-19,22-23H,6-7,20-21H2,1-5H3. The Morgan fingerprint density at radius 1 is 0.486 bits per heavy atom. The van der Waals surface area contributed by atoms with Crippen LogP contribution in [-0.2, 0) is 19.3 Å². The predicted molar refractivity (Wildman–Crippen MR) is 147 cm³/mol. The second-order valence-corrected chi connectivity index (χ2v) is 10.3. The lowest BCUT2D eigenvalue weighted by Crippen LogP contribution is -2.01. The van der Waals surface area contributed by atoms with Gasteiger partial charge in [0.1, 0.15) is 0 Å². The Morgan fingerprint density at radius 2 is 0.800 bits per heavy atom. The van der Waals surface area contributed by atoms with Crippen molar-refractivity contribution in [2.24, 2.45) is 11.8 Å².